The van der Waals surface area contributed by atoms with Crippen molar-refractivity contribution in [2.24, 2.45) is 0 Å². The molecule has 1 amide bonds. The van der Waals surface area contributed by atoms with Gasteiger partial charge in [0.15, 0.2) is 0 Å². The molecule has 0 saturated carbocycles. The quantitative estimate of drug-likeness (QED) is 0.852. The molecule has 0 aromatic heterocycles. The van der Waals surface area contributed by atoms with Gasteiger partial charge >= 0.3 is 0 Å². The minimum absolute atomic E-state index is 0.310. The molecule has 0 radical (unpaired) electrons. The molecule has 25 heavy (non-hydrogen) atoms. The van der Waals surface area contributed by atoms with E-state index in [-0.39, 0.29) is 0 Å². The first-order chi connectivity index (χ1) is 12.3. The van der Waals surface area contributed by atoms with Crippen LogP contribution in [0.25, 0.3) is 0 Å². The lowest BCUT2D eigenvalue weighted by Crippen LogP contribution is -2.53. The van der Waals surface area contributed by atoms with Gasteiger partial charge < -0.3 is 4.90 Å². The lowest BCUT2D eigenvalue weighted by Gasteiger charge is -2.47. The molecular weight excluding hydrogens is 308 g/mol. The summed E-state index contributed by atoms with van der Waals surface area (Å²) in [7, 11) is 0. The van der Waals surface area contributed by atoms with E-state index in [2.05, 4.69) is 71.3 Å². The van der Waals surface area contributed by atoms with Crippen LogP contribution in [0.15, 0.2) is 54.6 Å². The number of carbonyl (C=O) groups excluding carboxylic acids is 1. The standard InChI is InChI=1S/C22H26N2O/c1-2-8-22(25)24-14-13-23-15-20(17-9-4-3-5-10-17)18-11-6-7-12-19(18)21(23)16-24/h3-7,9-12,20-21H,2,8,13-16H2,1H3. The van der Waals surface area contributed by atoms with Crippen molar-refractivity contribution in [1.82, 2.24) is 9.80 Å². The molecule has 2 atom stereocenters. The predicted molar refractivity (Wildman–Crippen MR) is 101 cm³/mol. The molecule has 2 heterocycles. The Morgan fingerprint density at radius 2 is 1.68 bits per heavy atom. The van der Waals surface area contributed by atoms with Crippen molar-refractivity contribution in [3.63, 3.8) is 0 Å². The molecule has 3 heteroatoms. The van der Waals surface area contributed by atoms with Crippen molar-refractivity contribution in [3.8, 4) is 0 Å². The predicted octanol–water partition coefficient (Wildman–Crippen LogP) is 3.82. The number of carbonyl (C=O) groups is 1. The molecule has 0 aliphatic carbocycles. The first kappa shape index (κ1) is 16.3. The van der Waals surface area contributed by atoms with Gasteiger partial charge in [0.1, 0.15) is 0 Å². The largest absolute Gasteiger partial charge is 0.339 e. The monoisotopic (exact) mass is 334 g/mol. The third kappa shape index (κ3) is 3.09. The van der Waals surface area contributed by atoms with Crippen LogP contribution < -0.4 is 0 Å². The fourth-order valence-electron chi connectivity index (χ4n) is 4.37. The first-order valence-corrected chi connectivity index (χ1v) is 9.43. The summed E-state index contributed by atoms with van der Waals surface area (Å²) < 4.78 is 0. The van der Waals surface area contributed by atoms with Gasteiger partial charge in [-0.1, -0.05) is 61.5 Å². The molecule has 2 aromatic rings. The van der Waals surface area contributed by atoms with Gasteiger partial charge in [0.2, 0.25) is 5.91 Å². The molecule has 0 N–H and O–H groups in total. The highest BCUT2D eigenvalue weighted by Gasteiger charge is 2.37. The number of benzene rings is 2. The Labute approximate surface area is 150 Å². The van der Waals surface area contributed by atoms with E-state index >= 15 is 0 Å². The maximum atomic E-state index is 12.4. The van der Waals surface area contributed by atoms with Gasteiger partial charge in [0.05, 0.1) is 6.04 Å². The summed E-state index contributed by atoms with van der Waals surface area (Å²) in [5.41, 5.74) is 4.22. The van der Waals surface area contributed by atoms with Gasteiger partial charge in [-0.2, -0.15) is 0 Å². The average Bonchev–Trinajstić information content (AvgIpc) is 2.68. The number of nitrogens with zero attached hydrogens (tertiary/aromatic N) is 2. The lowest BCUT2D eigenvalue weighted by molar-refractivity contribution is -0.134. The van der Waals surface area contributed by atoms with Crippen molar-refractivity contribution >= 4 is 5.91 Å². The average molecular weight is 334 g/mol. The van der Waals surface area contributed by atoms with Crippen LogP contribution in [-0.2, 0) is 4.79 Å². The molecule has 0 bridgehead atoms. The van der Waals surface area contributed by atoms with Crippen LogP contribution in [-0.4, -0.2) is 41.9 Å². The second kappa shape index (κ2) is 7.01. The molecule has 2 unspecified atom stereocenters. The van der Waals surface area contributed by atoms with Crippen molar-refractivity contribution in [1.29, 1.82) is 0 Å². The zero-order chi connectivity index (χ0) is 17.2. The summed E-state index contributed by atoms with van der Waals surface area (Å²) in [5.74, 6) is 0.733. The molecule has 2 aliphatic rings. The number of piperazine rings is 1. The van der Waals surface area contributed by atoms with Gasteiger partial charge in [0.25, 0.3) is 0 Å². The minimum Gasteiger partial charge on any atom is -0.339 e. The molecule has 2 aliphatic heterocycles. The molecular formula is C22H26N2O. The molecule has 3 nitrogen and oxygen atoms in total. The van der Waals surface area contributed by atoms with Crippen LogP contribution in [0, 0.1) is 0 Å². The van der Waals surface area contributed by atoms with E-state index in [9.17, 15) is 4.79 Å². The number of amides is 1. The first-order valence-electron chi connectivity index (χ1n) is 9.43. The summed E-state index contributed by atoms with van der Waals surface area (Å²) in [6.45, 7) is 5.78. The Morgan fingerprint density at radius 1 is 0.960 bits per heavy atom. The molecule has 2 aromatic carbocycles. The Bertz CT molecular complexity index is 743. The fraction of sp³-hybridized carbons (Fsp3) is 0.409. The Hall–Kier alpha value is -2.13. The summed E-state index contributed by atoms with van der Waals surface area (Å²) >= 11 is 0. The number of hydrogen-bond acceptors (Lipinski definition) is 2. The second-order valence-electron chi connectivity index (χ2n) is 7.19. The fourth-order valence-corrected chi connectivity index (χ4v) is 4.37. The van der Waals surface area contributed by atoms with E-state index in [1.54, 1.807) is 0 Å². The Morgan fingerprint density at radius 3 is 2.44 bits per heavy atom. The van der Waals surface area contributed by atoms with Gasteiger partial charge in [0, 0.05) is 38.5 Å². The van der Waals surface area contributed by atoms with Crippen LogP contribution in [0.1, 0.15) is 48.4 Å². The van der Waals surface area contributed by atoms with Crippen molar-refractivity contribution < 1.29 is 4.79 Å². The van der Waals surface area contributed by atoms with Crippen LogP contribution in [0.4, 0.5) is 0 Å². The van der Waals surface area contributed by atoms with Crippen molar-refractivity contribution in [2.75, 3.05) is 26.2 Å². The summed E-state index contributed by atoms with van der Waals surface area (Å²) in [4.78, 5) is 17.0. The lowest BCUT2D eigenvalue weighted by atomic mass is 9.80. The number of fused-ring (bicyclic) bond motifs is 3. The molecule has 0 spiro atoms. The number of hydrogen-bond donors (Lipinski definition) is 0. The maximum absolute atomic E-state index is 12.4. The van der Waals surface area contributed by atoms with Gasteiger partial charge in [-0.15, -0.1) is 0 Å². The van der Waals surface area contributed by atoms with Crippen LogP contribution in [0.5, 0.6) is 0 Å². The number of rotatable bonds is 3. The van der Waals surface area contributed by atoms with Crippen molar-refractivity contribution in [2.45, 2.75) is 31.7 Å². The summed E-state index contributed by atoms with van der Waals surface area (Å²) in [6.07, 6.45) is 1.59. The third-order valence-corrected chi connectivity index (χ3v) is 5.66. The van der Waals surface area contributed by atoms with Gasteiger partial charge in [-0.25, -0.2) is 0 Å². The molecule has 4 rings (SSSR count). The molecule has 1 saturated heterocycles. The highest BCUT2D eigenvalue weighted by atomic mass is 16.2. The normalized spacial score (nSPS) is 23.0. The minimum atomic E-state index is 0.310. The van der Waals surface area contributed by atoms with Gasteiger partial charge in [-0.05, 0) is 23.1 Å². The van der Waals surface area contributed by atoms with Crippen molar-refractivity contribution in [3.05, 3.63) is 71.3 Å². The second-order valence-corrected chi connectivity index (χ2v) is 7.19. The van der Waals surface area contributed by atoms with Crippen LogP contribution in [0.3, 0.4) is 0 Å². The van der Waals surface area contributed by atoms with E-state index in [4.69, 9.17) is 0 Å². The van der Waals surface area contributed by atoms with E-state index in [0.29, 0.717) is 24.3 Å². The molecule has 130 valence electrons. The Kier molecular flexibility index (Phi) is 4.58. The van der Waals surface area contributed by atoms with Gasteiger partial charge in [-0.3, -0.25) is 9.69 Å². The Balaban J connectivity index is 1.66. The van der Waals surface area contributed by atoms with Crippen LogP contribution in [0.2, 0.25) is 0 Å². The topological polar surface area (TPSA) is 23.6 Å². The van der Waals surface area contributed by atoms with Crippen LogP contribution >= 0.6 is 0 Å². The van der Waals surface area contributed by atoms with E-state index < -0.39 is 0 Å². The smallest absolute Gasteiger partial charge is 0.222 e. The summed E-state index contributed by atoms with van der Waals surface area (Å²) in [6, 6.07) is 20.0. The molecule has 1 fully saturated rings. The zero-order valence-corrected chi connectivity index (χ0v) is 14.9. The third-order valence-electron chi connectivity index (χ3n) is 5.66. The summed E-state index contributed by atoms with van der Waals surface area (Å²) in [5, 5.41) is 0. The maximum Gasteiger partial charge on any atom is 0.222 e. The van der Waals surface area contributed by atoms with E-state index in [1.807, 2.05) is 0 Å². The van der Waals surface area contributed by atoms with E-state index in [0.717, 1.165) is 32.6 Å². The highest BCUT2D eigenvalue weighted by Crippen LogP contribution is 2.40. The van der Waals surface area contributed by atoms with E-state index in [1.165, 1.54) is 16.7 Å². The zero-order valence-electron chi connectivity index (χ0n) is 14.9. The SMILES string of the molecule is CCCC(=O)N1CCN2CC(c3ccccc3)c3ccccc3C2C1. The highest BCUT2D eigenvalue weighted by molar-refractivity contribution is 5.76.